The fraction of sp³-hybridized carbons (Fsp3) is 0.356. The van der Waals surface area contributed by atoms with Crippen LogP contribution < -0.4 is 54.4 Å². The Morgan fingerprint density at radius 1 is 0.646 bits per heavy atom. The van der Waals surface area contributed by atoms with Crippen LogP contribution in [0.25, 0.3) is 21.7 Å². The van der Waals surface area contributed by atoms with Crippen molar-refractivity contribution < 1.29 is 48.6 Å². The van der Waals surface area contributed by atoms with E-state index in [0.717, 1.165) is 48.8 Å². The number of unbranched alkanes of at least 4 members (excludes halogenated alkanes) is 1. The zero-order chi connectivity index (χ0) is 58.9. The van der Waals surface area contributed by atoms with Gasteiger partial charge in [0.05, 0.1) is 6.04 Å². The maximum atomic E-state index is 14.9. The van der Waals surface area contributed by atoms with E-state index in [1.54, 1.807) is 44.3 Å². The summed E-state index contributed by atoms with van der Waals surface area (Å²) in [5.41, 5.74) is 21.4. The average Bonchev–Trinajstić information content (AvgIpc) is 4.01. The Morgan fingerprint density at radius 3 is 1.93 bits per heavy atom. The molecule has 8 amide bonds. The minimum Gasteiger partial charge on any atom is -0.508 e. The first-order chi connectivity index (χ1) is 39.3. The lowest BCUT2D eigenvalue weighted by molar-refractivity contribution is -0.136. The number of aromatic nitrogens is 1. The number of amides is 8. The van der Waals surface area contributed by atoms with Gasteiger partial charge in [-0.3, -0.25) is 38.4 Å². The van der Waals surface area contributed by atoms with Crippen LogP contribution in [0.3, 0.4) is 0 Å². The third kappa shape index (κ3) is 17.4. The lowest BCUT2D eigenvalue weighted by atomic mass is 10.00. The van der Waals surface area contributed by atoms with Gasteiger partial charge in [0.1, 0.15) is 53.8 Å². The summed E-state index contributed by atoms with van der Waals surface area (Å²) < 4.78 is 0. The predicted molar refractivity (Wildman–Crippen MR) is 317 cm³/mol. The number of benzene rings is 5. The second-order valence-electron chi connectivity index (χ2n) is 20.7. The summed E-state index contributed by atoms with van der Waals surface area (Å²) in [6, 6.07) is 22.1. The molecule has 0 saturated carbocycles. The molecule has 2 heterocycles. The van der Waals surface area contributed by atoms with E-state index in [0.29, 0.717) is 29.5 Å². The largest absolute Gasteiger partial charge is 0.508 e. The first kappa shape index (κ1) is 61.5. The first-order valence-corrected chi connectivity index (χ1v) is 29.5. The Balaban J connectivity index is 1.25. The van der Waals surface area contributed by atoms with Gasteiger partial charge in [0.25, 0.3) is 0 Å². The van der Waals surface area contributed by atoms with Crippen LogP contribution in [0.15, 0.2) is 121 Å². The molecule has 1 aliphatic heterocycles. The van der Waals surface area contributed by atoms with Gasteiger partial charge in [-0.1, -0.05) is 120 Å². The standard InChI is InChI=1S/C59H71N11O10S2/c1-33(2)51-59(80)69-50(57(78)65-46(52(62)73)27-34-15-20-40(71)21-16-34)32-82-81-31-49(68-53(74)43(61)26-36-14-19-37-9-3-4-10-38(37)25-36)58(79)66-47(28-35-17-22-41(72)23-18-35)55(76)67-48(29-39-30-63-44-12-6-5-11-42(39)44)56(77)64-45(54(75)70-51)13-7-8-24-60/h3-6,9-12,14-23,25,30,33,43,45-51,63,71-72H,7-8,13,24,26-29,31-32,60-61H2,1-2H3,(H2,62,73)(H,64,77)(H,65,78)(H,66,79)(H,67,76)(H,68,74)(H,69,80)(H,70,75)/t43-,45-,46-,47-,48+,49+,50-,51-/m0/s1. The molecule has 21 nitrogen and oxygen atoms in total. The van der Waals surface area contributed by atoms with Crippen molar-refractivity contribution >= 4 is 90.5 Å². The van der Waals surface area contributed by atoms with E-state index < -0.39 is 102 Å². The van der Waals surface area contributed by atoms with Gasteiger partial charge in [-0.15, -0.1) is 0 Å². The van der Waals surface area contributed by atoms with Gasteiger partial charge in [0.15, 0.2) is 0 Å². The molecule has 1 aliphatic rings. The first-order valence-electron chi connectivity index (χ1n) is 27.1. The molecule has 82 heavy (non-hydrogen) atoms. The highest BCUT2D eigenvalue weighted by molar-refractivity contribution is 8.76. The fourth-order valence-electron chi connectivity index (χ4n) is 9.39. The van der Waals surface area contributed by atoms with Crippen LogP contribution >= 0.6 is 21.6 Å². The monoisotopic (exact) mass is 1160 g/mol. The lowest BCUT2D eigenvalue weighted by Gasteiger charge is -2.29. The number of nitrogens with two attached hydrogens (primary N) is 3. The Morgan fingerprint density at radius 2 is 1.24 bits per heavy atom. The number of hydrogen-bond donors (Lipinski definition) is 13. The van der Waals surface area contributed by atoms with Gasteiger partial charge < -0.3 is 69.6 Å². The molecule has 8 atom stereocenters. The number of rotatable bonds is 18. The molecule has 6 aromatic rings. The summed E-state index contributed by atoms with van der Waals surface area (Å²) in [4.78, 5) is 118. The molecule has 1 saturated heterocycles. The molecule has 23 heteroatoms. The summed E-state index contributed by atoms with van der Waals surface area (Å²) in [5.74, 6) is -7.34. The number of primary amides is 1. The van der Waals surface area contributed by atoms with Gasteiger partial charge in [-0.05, 0) is 102 Å². The summed E-state index contributed by atoms with van der Waals surface area (Å²) in [7, 11) is 2.09. The van der Waals surface area contributed by atoms with Crippen molar-refractivity contribution in [2.75, 3.05) is 18.1 Å². The Hall–Kier alpha value is -8.12. The third-order valence-corrected chi connectivity index (χ3v) is 16.5. The van der Waals surface area contributed by atoms with E-state index in [4.69, 9.17) is 17.2 Å². The zero-order valence-corrected chi connectivity index (χ0v) is 47.2. The fourth-order valence-corrected chi connectivity index (χ4v) is 11.7. The quantitative estimate of drug-likeness (QED) is 0.0434. The van der Waals surface area contributed by atoms with Crippen molar-refractivity contribution in [3.63, 3.8) is 0 Å². The van der Waals surface area contributed by atoms with Crippen molar-refractivity contribution in [2.45, 2.75) is 107 Å². The molecule has 5 aromatic carbocycles. The predicted octanol–water partition coefficient (Wildman–Crippen LogP) is 2.39. The molecule has 0 aliphatic carbocycles. The number of para-hydroxylation sites is 1. The summed E-state index contributed by atoms with van der Waals surface area (Å²) >= 11 is 0. The van der Waals surface area contributed by atoms with Crippen LogP contribution in [0.4, 0.5) is 0 Å². The minimum atomic E-state index is -1.41. The van der Waals surface area contributed by atoms with Gasteiger partial charge in [0, 0.05) is 47.9 Å². The molecule has 0 spiro atoms. The highest BCUT2D eigenvalue weighted by Crippen LogP contribution is 2.25. The number of fused-ring (bicyclic) bond motifs is 2. The molecular weight excluding hydrogens is 1090 g/mol. The van der Waals surface area contributed by atoms with E-state index >= 15 is 0 Å². The molecular formula is C59H71N11O10S2. The Bertz CT molecular complexity index is 3220. The van der Waals surface area contributed by atoms with Crippen molar-refractivity contribution in [1.82, 2.24) is 42.2 Å². The van der Waals surface area contributed by atoms with Crippen LogP contribution in [-0.4, -0.2) is 129 Å². The van der Waals surface area contributed by atoms with E-state index in [1.165, 1.54) is 24.3 Å². The number of aromatic hydroxyl groups is 2. The van der Waals surface area contributed by atoms with Crippen molar-refractivity contribution in [1.29, 1.82) is 0 Å². The normalized spacial score (nSPS) is 20.6. The number of hydrogen-bond acceptors (Lipinski definition) is 14. The average molecular weight is 1160 g/mol. The summed E-state index contributed by atoms with van der Waals surface area (Å²) in [6.45, 7) is 3.64. The summed E-state index contributed by atoms with van der Waals surface area (Å²) in [6.07, 6.45) is 2.42. The third-order valence-electron chi connectivity index (χ3n) is 14.0. The molecule has 0 bridgehead atoms. The Kier molecular flexibility index (Phi) is 22.2. The smallest absolute Gasteiger partial charge is 0.244 e. The molecule has 1 aromatic heterocycles. The zero-order valence-electron chi connectivity index (χ0n) is 45.5. The van der Waals surface area contributed by atoms with Crippen molar-refractivity contribution in [3.05, 3.63) is 144 Å². The van der Waals surface area contributed by atoms with Gasteiger partial charge in [-0.25, -0.2) is 0 Å². The van der Waals surface area contributed by atoms with Crippen LogP contribution in [0.5, 0.6) is 11.5 Å². The number of carbonyl (C=O) groups excluding carboxylic acids is 8. The summed E-state index contributed by atoms with van der Waals surface area (Å²) in [5, 5.41) is 42.2. The van der Waals surface area contributed by atoms with Crippen LogP contribution in [-0.2, 0) is 64.0 Å². The second-order valence-corrected chi connectivity index (χ2v) is 23.2. The number of phenols is 2. The topological polar surface area (TPSA) is 355 Å². The van der Waals surface area contributed by atoms with Crippen LogP contribution in [0.1, 0.15) is 55.4 Å². The highest BCUT2D eigenvalue weighted by Gasteiger charge is 2.36. The van der Waals surface area contributed by atoms with Crippen LogP contribution in [0, 0.1) is 5.92 Å². The van der Waals surface area contributed by atoms with E-state index in [2.05, 4.69) is 42.2 Å². The van der Waals surface area contributed by atoms with Crippen LogP contribution in [0.2, 0.25) is 0 Å². The van der Waals surface area contributed by atoms with E-state index in [9.17, 15) is 48.6 Å². The number of nitrogens with one attached hydrogen (secondary N) is 8. The molecule has 1 fully saturated rings. The van der Waals surface area contributed by atoms with Crippen molar-refractivity contribution in [3.8, 4) is 11.5 Å². The number of H-pyrrole nitrogens is 1. The molecule has 7 rings (SSSR count). The number of phenolic OH excluding ortho intramolecular Hbond substituents is 2. The van der Waals surface area contributed by atoms with Crippen molar-refractivity contribution in [2.24, 2.45) is 23.1 Å². The molecule has 16 N–H and O–H groups in total. The number of aromatic amines is 1. The molecule has 0 radical (unpaired) electrons. The van der Waals surface area contributed by atoms with Gasteiger partial charge in [-0.2, -0.15) is 0 Å². The maximum absolute atomic E-state index is 14.9. The Labute approximate surface area is 482 Å². The lowest BCUT2D eigenvalue weighted by Crippen LogP contribution is -2.61. The van der Waals surface area contributed by atoms with Gasteiger partial charge in [0.2, 0.25) is 47.3 Å². The second kappa shape index (κ2) is 29.6. The van der Waals surface area contributed by atoms with E-state index in [1.807, 2.05) is 66.7 Å². The molecule has 0 unspecified atom stereocenters. The van der Waals surface area contributed by atoms with E-state index in [-0.39, 0.29) is 61.7 Å². The SMILES string of the molecule is CC(C)[C@@H]1NC(=O)[C@H](CCCCN)NC(=O)[C@@H](Cc2c[nH]c3ccccc23)NC(=O)[C@H](Cc2ccc(O)cc2)NC(=O)[C@H](NC(=O)[C@@H](N)Cc2ccc3ccccc3c2)CSSC[C@@H](C(=O)N[C@@H](Cc2ccc(O)cc2)C(N)=O)NC1=O. The van der Waals surface area contributed by atoms with Gasteiger partial charge >= 0.3 is 0 Å². The number of carbonyl (C=O) groups is 8. The minimum absolute atomic E-state index is 0.0202. The maximum Gasteiger partial charge on any atom is 0.244 e. The highest BCUT2D eigenvalue weighted by atomic mass is 33.1. The molecule has 434 valence electrons.